The normalized spacial score (nSPS) is 19.1. The van der Waals surface area contributed by atoms with Crippen molar-refractivity contribution < 1.29 is 13.9 Å². The van der Waals surface area contributed by atoms with E-state index in [1.165, 1.54) is 12.8 Å². The number of ether oxygens (including phenoxy) is 1. The zero-order valence-corrected chi connectivity index (χ0v) is 17.2. The summed E-state index contributed by atoms with van der Waals surface area (Å²) in [4.78, 5) is 17.2. The minimum Gasteiger partial charge on any atom is -0.497 e. The van der Waals surface area contributed by atoms with Crippen molar-refractivity contribution in [3.8, 4) is 17.2 Å². The number of carbonyl (C=O) groups excluding carboxylic acids is 1. The molecule has 2 saturated heterocycles. The fraction of sp³-hybridized carbons (Fsp3) is 0.591. The van der Waals surface area contributed by atoms with Crippen LogP contribution in [-0.2, 0) is 11.3 Å². The summed E-state index contributed by atoms with van der Waals surface area (Å²) in [6, 6.07) is 7.59. The molecule has 0 atom stereocenters. The van der Waals surface area contributed by atoms with Crippen LogP contribution < -0.4 is 4.74 Å². The number of piperidine rings is 1. The lowest BCUT2D eigenvalue weighted by Gasteiger charge is -2.33. The van der Waals surface area contributed by atoms with Crippen molar-refractivity contribution in [1.29, 1.82) is 0 Å². The molecule has 4 rings (SSSR count). The minimum absolute atomic E-state index is 0.168. The molecule has 0 unspecified atom stereocenters. The minimum atomic E-state index is 0.168. The Kier molecular flexibility index (Phi) is 6.44. The van der Waals surface area contributed by atoms with Crippen molar-refractivity contribution in [1.82, 2.24) is 20.0 Å². The maximum atomic E-state index is 12.8. The van der Waals surface area contributed by atoms with E-state index in [9.17, 15) is 4.79 Å². The van der Waals surface area contributed by atoms with Gasteiger partial charge in [0.25, 0.3) is 0 Å². The summed E-state index contributed by atoms with van der Waals surface area (Å²) in [5, 5.41) is 8.38. The zero-order chi connectivity index (χ0) is 20.1. The van der Waals surface area contributed by atoms with Crippen LogP contribution in [0, 0.1) is 5.92 Å². The molecule has 0 bridgehead atoms. The Morgan fingerprint density at radius 1 is 1.03 bits per heavy atom. The van der Waals surface area contributed by atoms with Crippen LogP contribution in [0.5, 0.6) is 5.75 Å². The van der Waals surface area contributed by atoms with Gasteiger partial charge >= 0.3 is 0 Å². The second-order valence-electron chi connectivity index (χ2n) is 8.02. The number of benzene rings is 1. The van der Waals surface area contributed by atoms with Crippen LogP contribution in [-0.4, -0.2) is 59.2 Å². The summed E-state index contributed by atoms with van der Waals surface area (Å²) in [7, 11) is 1.64. The molecule has 29 heavy (non-hydrogen) atoms. The Morgan fingerprint density at radius 3 is 2.38 bits per heavy atom. The SMILES string of the molecule is COc1ccc(-c2nnc(CN3CCC(C(=O)N4CCCCCC4)CC3)o2)cc1. The lowest BCUT2D eigenvalue weighted by Crippen LogP contribution is -2.42. The molecular formula is C22H30N4O3. The molecule has 2 fully saturated rings. The molecule has 1 amide bonds. The lowest BCUT2D eigenvalue weighted by atomic mass is 9.95. The molecule has 7 nitrogen and oxygen atoms in total. The van der Waals surface area contributed by atoms with Gasteiger partial charge in [0, 0.05) is 24.6 Å². The van der Waals surface area contributed by atoms with E-state index >= 15 is 0 Å². The highest BCUT2D eigenvalue weighted by molar-refractivity contribution is 5.79. The van der Waals surface area contributed by atoms with Gasteiger partial charge in [-0.25, -0.2) is 0 Å². The highest BCUT2D eigenvalue weighted by Gasteiger charge is 2.29. The van der Waals surface area contributed by atoms with Crippen molar-refractivity contribution in [2.24, 2.45) is 5.92 Å². The van der Waals surface area contributed by atoms with Gasteiger partial charge in [-0.15, -0.1) is 10.2 Å². The van der Waals surface area contributed by atoms with Crippen molar-refractivity contribution in [2.75, 3.05) is 33.3 Å². The number of rotatable bonds is 5. The summed E-state index contributed by atoms with van der Waals surface area (Å²) in [6.07, 6.45) is 6.63. The Morgan fingerprint density at radius 2 is 1.72 bits per heavy atom. The van der Waals surface area contributed by atoms with E-state index in [0.29, 0.717) is 24.2 Å². The third kappa shape index (κ3) is 4.96. The molecule has 0 radical (unpaired) electrons. The number of hydrogen-bond acceptors (Lipinski definition) is 6. The van der Waals surface area contributed by atoms with E-state index in [2.05, 4.69) is 20.0 Å². The van der Waals surface area contributed by atoms with E-state index < -0.39 is 0 Å². The van der Waals surface area contributed by atoms with E-state index in [1.54, 1.807) is 7.11 Å². The van der Waals surface area contributed by atoms with Gasteiger partial charge in [0.15, 0.2) is 0 Å². The summed E-state index contributed by atoms with van der Waals surface area (Å²) in [5.74, 6) is 2.47. The molecule has 2 aromatic rings. The second-order valence-corrected chi connectivity index (χ2v) is 8.02. The van der Waals surface area contributed by atoms with Gasteiger partial charge < -0.3 is 14.1 Å². The molecule has 0 N–H and O–H groups in total. The smallest absolute Gasteiger partial charge is 0.247 e. The maximum Gasteiger partial charge on any atom is 0.247 e. The predicted octanol–water partition coefficient (Wildman–Crippen LogP) is 3.36. The summed E-state index contributed by atoms with van der Waals surface area (Å²) < 4.78 is 11.0. The number of nitrogens with zero attached hydrogens (tertiary/aromatic N) is 4. The Bertz CT molecular complexity index is 789. The van der Waals surface area contributed by atoms with Gasteiger partial charge in [0.1, 0.15) is 5.75 Å². The lowest BCUT2D eigenvalue weighted by molar-refractivity contribution is -0.137. The predicted molar refractivity (Wildman–Crippen MR) is 109 cm³/mol. The number of carbonyl (C=O) groups is 1. The van der Waals surface area contributed by atoms with Gasteiger partial charge in [-0.1, -0.05) is 12.8 Å². The quantitative estimate of drug-likeness (QED) is 0.769. The zero-order valence-electron chi connectivity index (χ0n) is 17.2. The average Bonchev–Trinajstić information content (AvgIpc) is 3.06. The van der Waals surface area contributed by atoms with E-state index in [4.69, 9.17) is 9.15 Å². The largest absolute Gasteiger partial charge is 0.497 e. The van der Waals surface area contributed by atoms with Crippen LogP contribution in [0.1, 0.15) is 44.4 Å². The highest BCUT2D eigenvalue weighted by Crippen LogP contribution is 2.24. The standard InChI is InChI=1S/C22H30N4O3/c1-28-19-8-6-17(7-9-19)21-24-23-20(29-21)16-25-14-10-18(11-15-25)22(27)26-12-4-2-3-5-13-26/h6-9,18H,2-5,10-16H2,1H3. The van der Waals surface area contributed by atoms with Gasteiger partial charge in [-0.2, -0.15) is 0 Å². The van der Waals surface area contributed by atoms with Crippen LogP contribution in [0.15, 0.2) is 28.7 Å². The van der Waals surface area contributed by atoms with Gasteiger partial charge in [-0.3, -0.25) is 9.69 Å². The molecule has 7 heteroatoms. The Balaban J connectivity index is 1.28. The first kappa shape index (κ1) is 19.9. The van der Waals surface area contributed by atoms with E-state index in [0.717, 1.165) is 63.2 Å². The molecule has 1 aromatic heterocycles. The molecule has 2 aliphatic rings. The number of methoxy groups -OCH3 is 1. The molecule has 3 heterocycles. The van der Waals surface area contributed by atoms with Crippen LogP contribution in [0.3, 0.4) is 0 Å². The van der Waals surface area contributed by atoms with Crippen LogP contribution in [0.2, 0.25) is 0 Å². The topological polar surface area (TPSA) is 71.7 Å². The Hall–Kier alpha value is -2.41. The van der Waals surface area contributed by atoms with Gasteiger partial charge in [-0.05, 0) is 63.0 Å². The van der Waals surface area contributed by atoms with Crippen LogP contribution in [0.4, 0.5) is 0 Å². The maximum absolute atomic E-state index is 12.8. The third-order valence-corrected chi connectivity index (χ3v) is 6.02. The summed E-state index contributed by atoms with van der Waals surface area (Å²) in [6.45, 7) is 4.30. The number of aromatic nitrogens is 2. The van der Waals surface area contributed by atoms with Crippen molar-refractivity contribution in [2.45, 2.75) is 45.1 Å². The fourth-order valence-corrected chi connectivity index (χ4v) is 4.25. The van der Waals surface area contributed by atoms with E-state index in [-0.39, 0.29) is 5.92 Å². The first-order valence-electron chi connectivity index (χ1n) is 10.7. The van der Waals surface area contributed by atoms with Crippen molar-refractivity contribution in [3.63, 3.8) is 0 Å². The summed E-state index contributed by atoms with van der Waals surface area (Å²) >= 11 is 0. The van der Waals surface area contributed by atoms with Crippen molar-refractivity contribution >= 4 is 5.91 Å². The fourth-order valence-electron chi connectivity index (χ4n) is 4.25. The van der Waals surface area contributed by atoms with Crippen LogP contribution >= 0.6 is 0 Å². The number of hydrogen-bond donors (Lipinski definition) is 0. The third-order valence-electron chi connectivity index (χ3n) is 6.02. The monoisotopic (exact) mass is 398 g/mol. The first-order chi connectivity index (χ1) is 14.2. The van der Waals surface area contributed by atoms with Gasteiger partial charge in [0.2, 0.25) is 17.7 Å². The highest BCUT2D eigenvalue weighted by atomic mass is 16.5. The molecular weight excluding hydrogens is 368 g/mol. The average molecular weight is 399 g/mol. The second kappa shape index (κ2) is 9.39. The Labute approximate surface area is 172 Å². The van der Waals surface area contributed by atoms with E-state index in [1.807, 2.05) is 24.3 Å². The number of amides is 1. The summed E-state index contributed by atoms with van der Waals surface area (Å²) in [5.41, 5.74) is 0.881. The molecule has 2 aliphatic heterocycles. The van der Waals surface area contributed by atoms with Crippen LogP contribution in [0.25, 0.3) is 11.5 Å². The van der Waals surface area contributed by atoms with Gasteiger partial charge in [0.05, 0.1) is 13.7 Å². The molecule has 156 valence electrons. The molecule has 0 spiro atoms. The molecule has 1 aromatic carbocycles. The molecule has 0 aliphatic carbocycles. The van der Waals surface area contributed by atoms with Crippen molar-refractivity contribution in [3.05, 3.63) is 30.2 Å². The number of likely N-dealkylation sites (tertiary alicyclic amines) is 2. The first-order valence-corrected chi connectivity index (χ1v) is 10.7. The molecule has 0 saturated carbocycles.